The van der Waals surface area contributed by atoms with Gasteiger partial charge in [-0.15, -0.1) is 0 Å². The molecule has 76 valence electrons. The third-order valence-corrected chi connectivity index (χ3v) is 1.73. The highest BCUT2D eigenvalue weighted by molar-refractivity contribution is 5.72. The molecule has 1 aromatic carbocycles. The highest BCUT2D eigenvalue weighted by Gasteiger charge is 2.07. The number of nitrogens with two attached hydrogens (primary N) is 1. The van der Waals surface area contributed by atoms with Crippen LogP contribution in [0.5, 0.6) is 5.75 Å². The molecule has 0 spiro atoms. The summed E-state index contributed by atoms with van der Waals surface area (Å²) in [5.41, 5.74) is 6.71. The van der Waals surface area contributed by atoms with E-state index in [0.717, 1.165) is 0 Å². The van der Waals surface area contributed by atoms with Crippen LogP contribution < -0.4 is 10.5 Å². The van der Waals surface area contributed by atoms with Crippen molar-refractivity contribution in [3.63, 3.8) is 0 Å². The summed E-state index contributed by atoms with van der Waals surface area (Å²) in [5.74, 6) is -0.305. The van der Waals surface area contributed by atoms with Crippen LogP contribution in [-0.4, -0.2) is 17.7 Å². The molecule has 1 rings (SSSR count). The molecule has 0 heterocycles. The highest BCUT2D eigenvalue weighted by Crippen LogP contribution is 2.21. The lowest BCUT2D eigenvalue weighted by atomic mass is 10.1. The van der Waals surface area contributed by atoms with Gasteiger partial charge in [0, 0.05) is 11.3 Å². The zero-order valence-corrected chi connectivity index (χ0v) is 7.99. The van der Waals surface area contributed by atoms with Gasteiger partial charge >= 0.3 is 5.97 Å². The molecule has 0 atom stereocenters. The summed E-state index contributed by atoms with van der Waals surface area (Å²) in [7, 11) is 0. The zero-order valence-electron chi connectivity index (χ0n) is 7.99. The van der Waals surface area contributed by atoms with Gasteiger partial charge in [-0.2, -0.15) is 0 Å². The molecule has 0 aliphatic rings. The number of hydrogen-bond acceptors (Lipinski definition) is 3. The molecular formula is C10H13NO3. The molecule has 0 aliphatic carbocycles. The van der Waals surface area contributed by atoms with Crippen molar-refractivity contribution in [3.05, 3.63) is 23.8 Å². The highest BCUT2D eigenvalue weighted by atomic mass is 16.5. The molecule has 0 saturated heterocycles. The van der Waals surface area contributed by atoms with Crippen LogP contribution in [0.4, 0.5) is 5.69 Å². The quantitative estimate of drug-likeness (QED) is 0.710. The number of carboxylic acids is 1. The maximum atomic E-state index is 10.5. The third-order valence-electron chi connectivity index (χ3n) is 1.73. The Hall–Kier alpha value is -1.71. The van der Waals surface area contributed by atoms with Crippen LogP contribution in [0.1, 0.15) is 12.5 Å². The molecule has 0 unspecified atom stereocenters. The number of ether oxygens (including phenoxy) is 1. The predicted octanol–water partition coefficient (Wildman–Crippen LogP) is 1.29. The number of anilines is 1. The van der Waals surface area contributed by atoms with E-state index in [-0.39, 0.29) is 6.42 Å². The number of carbonyl (C=O) groups is 1. The molecule has 4 heteroatoms. The summed E-state index contributed by atoms with van der Waals surface area (Å²) < 4.78 is 5.27. The lowest BCUT2D eigenvalue weighted by Crippen LogP contribution is -2.04. The van der Waals surface area contributed by atoms with Gasteiger partial charge in [0.2, 0.25) is 0 Å². The minimum atomic E-state index is -0.892. The second-order valence-electron chi connectivity index (χ2n) is 2.87. The van der Waals surface area contributed by atoms with Crippen molar-refractivity contribution in [1.82, 2.24) is 0 Å². The second-order valence-corrected chi connectivity index (χ2v) is 2.87. The van der Waals surface area contributed by atoms with Crippen LogP contribution >= 0.6 is 0 Å². The SMILES string of the molecule is CCOc1ccc(N)cc1CC(=O)O. The summed E-state index contributed by atoms with van der Waals surface area (Å²) in [6.45, 7) is 2.36. The van der Waals surface area contributed by atoms with Crippen LogP contribution in [0.15, 0.2) is 18.2 Å². The summed E-state index contributed by atoms with van der Waals surface area (Å²) in [6.07, 6.45) is -0.0691. The molecule has 3 N–H and O–H groups in total. The van der Waals surface area contributed by atoms with Crippen molar-refractivity contribution in [1.29, 1.82) is 0 Å². The fourth-order valence-electron chi connectivity index (χ4n) is 1.20. The first-order valence-corrected chi connectivity index (χ1v) is 4.36. The molecule has 0 radical (unpaired) electrons. The van der Waals surface area contributed by atoms with E-state index in [1.165, 1.54) is 0 Å². The van der Waals surface area contributed by atoms with E-state index < -0.39 is 5.97 Å². The molecule has 1 aromatic rings. The van der Waals surface area contributed by atoms with Crippen molar-refractivity contribution in [2.45, 2.75) is 13.3 Å². The molecular weight excluding hydrogens is 182 g/mol. The lowest BCUT2D eigenvalue weighted by molar-refractivity contribution is -0.136. The number of benzene rings is 1. The van der Waals surface area contributed by atoms with Crippen LogP contribution in [0.25, 0.3) is 0 Å². The number of aliphatic carboxylic acids is 1. The van der Waals surface area contributed by atoms with Crippen molar-refractivity contribution in [2.75, 3.05) is 12.3 Å². The fourth-order valence-corrected chi connectivity index (χ4v) is 1.20. The van der Waals surface area contributed by atoms with E-state index in [9.17, 15) is 4.79 Å². The Morgan fingerprint density at radius 1 is 1.57 bits per heavy atom. The summed E-state index contributed by atoms with van der Waals surface area (Å²) in [5, 5.41) is 8.65. The molecule has 0 bridgehead atoms. The first-order valence-electron chi connectivity index (χ1n) is 4.36. The largest absolute Gasteiger partial charge is 0.494 e. The monoisotopic (exact) mass is 195 g/mol. The Morgan fingerprint density at radius 2 is 2.29 bits per heavy atom. The Balaban J connectivity index is 2.96. The van der Waals surface area contributed by atoms with E-state index in [4.69, 9.17) is 15.6 Å². The zero-order chi connectivity index (χ0) is 10.6. The van der Waals surface area contributed by atoms with E-state index in [1.54, 1.807) is 18.2 Å². The Kier molecular flexibility index (Phi) is 3.34. The first-order chi connectivity index (χ1) is 6.63. The average molecular weight is 195 g/mol. The van der Waals surface area contributed by atoms with Crippen LogP contribution in [0.2, 0.25) is 0 Å². The van der Waals surface area contributed by atoms with Gasteiger partial charge in [-0.25, -0.2) is 0 Å². The molecule has 0 aromatic heterocycles. The van der Waals surface area contributed by atoms with Crippen molar-refractivity contribution < 1.29 is 14.6 Å². The van der Waals surface area contributed by atoms with Gasteiger partial charge in [-0.1, -0.05) is 0 Å². The molecule has 14 heavy (non-hydrogen) atoms. The van der Waals surface area contributed by atoms with Gasteiger partial charge in [-0.3, -0.25) is 4.79 Å². The Labute approximate surface area is 82.3 Å². The van der Waals surface area contributed by atoms with E-state index in [2.05, 4.69) is 0 Å². The van der Waals surface area contributed by atoms with Gasteiger partial charge in [0.25, 0.3) is 0 Å². The van der Waals surface area contributed by atoms with Gasteiger partial charge in [0.15, 0.2) is 0 Å². The average Bonchev–Trinajstić information content (AvgIpc) is 2.09. The van der Waals surface area contributed by atoms with Crippen molar-refractivity contribution >= 4 is 11.7 Å². The topological polar surface area (TPSA) is 72.5 Å². The van der Waals surface area contributed by atoms with Gasteiger partial charge in [-0.05, 0) is 25.1 Å². The summed E-state index contributed by atoms with van der Waals surface area (Å²) >= 11 is 0. The number of carboxylic acid groups (broad SMARTS) is 1. The smallest absolute Gasteiger partial charge is 0.307 e. The van der Waals surface area contributed by atoms with Gasteiger partial charge < -0.3 is 15.6 Å². The van der Waals surface area contributed by atoms with E-state index >= 15 is 0 Å². The normalized spacial score (nSPS) is 9.79. The predicted molar refractivity (Wildman–Crippen MR) is 53.4 cm³/mol. The molecule has 4 nitrogen and oxygen atoms in total. The summed E-state index contributed by atoms with van der Waals surface area (Å²) in [4.78, 5) is 10.5. The maximum Gasteiger partial charge on any atom is 0.307 e. The fraction of sp³-hybridized carbons (Fsp3) is 0.300. The van der Waals surface area contributed by atoms with Crippen molar-refractivity contribution in [2.24, 2.45) is 0 Å². The molecule has 0 aliphatic heterocycles. The number of rotatable bonds is 4. The van der Waals surface area contributed by atoms with Gasteiger partial charge in [0.1, 0.15) is 5.75 Å². The number of nitrogen functional groups attached to an aromatic ring is 1. The molecule has 0 saturated carbocycles. The van der Waals surface area contributed by atoms with E-state index in [1.807, 2.05) is 6.92 Å². The second kappa shape index (κ2) is 4.50. The van der Waals surface area contributed by atoms with Crippen molar-refractivity contribution in [3.8, 4) is 5.75 Å². The molecule has 0 amide bonds. The minimum absolute atomic E-state index is 0.0691. The standard InChI is InChI=1S/C10H13NO3/c1-2-14-9-4-3-8(11)5-7(9)6-10(12)13/h3-5H,2,6,11H2,1H3,(H,12,13). The van der Waals surface area contributed by atoms with Gasteiger partial charge in [0.05, 0.1) is 13.0 Å². The first kappa shape index (κ1) is 10.4. The van der Waals surface area contributed by atoms with E-state index in [0.29, 0.717) is 23.6 Å². The van der Waals surface area contributed by atoms with Crippen LogP contribution in [0.3, 0.4) is 0 Å². The van der Waals surface area contributed by atoms with Crippen LogP contribution in [0, 0.1) is 0 Å². The summed E-state index contributed by atoms with van der Waals surface area (Å²) in [6, 6.07) is 5.01. The Morgan fingerprint density at radius 3 is 2.86 bits per heavy atom. The van der Waals surface area contributed by atoms with Crippen LogP contribution in [-0.2, 0) is 11.2 Å². The number of hydrogen-bond donors (Lipinski definition) is 2. The minimum Gasteiger partial charge on any atom is -0.494 e. The maximum absolute atomic E-state index is 10.5. The Bertz CT molecular complexity index is 336. The third kappa shape index (κ3) is 2.65. The molecule has 0 fully saturated rings. The lowest BCUT2D eigenvalue weighted by Gasteiger charge is -2.08.